The first-order valence-corrected chi connectivity index (χ1v) is 11.2. The summed E-state index contributed by atoms with van der Waals surface area (Å²) in [6.07, 6.45) is 3.12. The van der Waals surface area contributed by atoms with E-state index >= 15 is 0 Å². The van der Waals surface area contributed by atoms with Gasteiger partial charge in [0.15, 0.2) is 0 Å². The predicted octanol–water partition coefficient (Wildman–Crippen LogP) is 2.20. The number of hydrogen-bond acceptors (Lipinski definition) is 5. The summed E-state index contributed by atoms with van der Waals surface area (Å²) >= 11 is 0. The number of benzene rings is 1. The van der Waals surface area contributed by atoms with Gasteiger partial charge < -0.3 is 25.7 Å². The maximum atomic E-state index is 13.0. The molecule has 0 bridgehead atoms. The normalized spacial score (nSPS) is 19.4. The summed E-state index contributed by atoms with van der Waals surface area (Å²) in [7, 11) is 0. The topological polar surface area (TPSA) is 136 Å². The van der Waals surface area contributed by atoms with Crippen molar-refractivity contribution >= 4 is 28.6 Å². The average molecular weight is 473 g/mol. The van der Waals surface area contributed by atoms with Gasteiger partial charge in [0.05, 0.1) is 6.07 Å². The molecule has 2 aliphatic rings. The minimum atomic E-state index is -3.01. The van der Waals surface area contributed by atoms with Crippen LogP contribution in [0.25, 0.3) is 10.9 Å². The maximum absolute atomic E-state index is 13.0. The third kappa shape index (κ3) is 5.62. The minimum absolute atomic E-state index is 0.0668. The molecule has 4 rings (SSSR count). The molecule has 2 heterocycles. The van der Waals surface area contributed by atoms with E-state index in [0.717, 1.165) is 12.8 Å². The molecule has 2 fully saturated rings. The fourth-order valence-electron chi connectivity index (χ4n) is 4.17. The number of rotatable bonds is 10. The Morgan fingerprint density at radius 1 is 1.21 bits per heavy atom. The zero-order chi connectivity index (χ0) is 24.2. The van der Waals surface area contributed by atoms with Crippen LogP contribution in [0.2, 0.25) is 0 Å². The van der Waals surface area contributed by atoms with E-state index in [9.17, 15) is 28.4 Å². The van der Waals surface area contributed by atoms with Crippen LogP contribution in [0, 0.1) is 23.2 Å². The molecular formula is C23H25F2N5O4. The number of amides is 3. The summed E-state index contributed by atoms with van der Waals surface area (Å²) in [6, 6.07) is 6.20. The first-order valence-electron chi connectivity index (χ1n) is 11.2. The lowest BCUT2D eigenvalue weighted by molar-refractivity contribution is -0.125. The van der Waals surface area contributed by atoms with Crippen molar-refractivity contribution in [2.75, 3.05) is 6.54 Å². The number of aromatic amines is 1. The Balaban J connectivity index is 1.45. The lowest BCUT2D eigenvalue weighted by Gasteiger charge is -2.21. The van der Waals surface area contributed by atoms with Crippen molar-refractivity contribution in [3.05, 3.63) is 30.0 Å². The number of ether oxygens (including phenoxy) is 1. The number of aromatic nitrogens is 1. The monoisotopic (exact) mass is 473 g/mol. The Hall–Kier alpha value is -3.68. The highest BCUT2D eigenvalue weighted by molar-refractivity contribution is 6.01. The number of alkyl halides is 2. The minimum Gasteiger partial charge on any atom is -0.434 e. The lowest BCUT2D eigenvalue weighted by atomic mass is 9.98. The van der Waals surface area contributed by atoms with Gasteiger partial charge in [-0.2, -0.15) is 14.0 Å². The Morgan fingerprint density at radius 2 is 2.00 bits per heavy atom. The molecule has 3 unspecified atom stereocenters. The number of halogens is 2. The molecule has 0 radical (unpaired) electrons. The third-order valence-electron chi connectivity index (χ3n) is 6.13. The highest BCUT2D eigenvalue weighted by Gasteiger charge is 2.33. The molecule has 1 saturated carbocycles. The molecule has 3 amide bonds. The molecule has 0 spiro atoms. The summed E-state index contributed by atoms with van der Waals surface area (Å²) in [5, 5.41) is 17.8. The Bertz CT molecular complexity index is 1120. The smallest absolute Gasteiger partial charge is 0.387 e. The zero-order valence-corrected chi connectivity index (χ0v) is 18.3. The number of carbonyl (C=O) groups excluding carboxylic acids is 3. The quantitative estimate of drug-likeness (QED) is 0.419. The van der Waals surface area contributed by atoms with Crippen molar-refractivity contribution in [3.8, 4) is 11.8 Å². The molecule has 11 heteroatoms. The average Bonchev–Trinajstić information content (AvgIpc) is 3.35. The number of fused-ring (bicyclic) bond motifs is 1. The summed E-state index contributed by atoms with van der Waals surface area (Å²) in [5.74, 6) is -1.32. The van der Waals surface area contributed by atoms with Crippen LogP contribution in [0.3, 0.4) is 0 Å². The number of nitrogens with zero attached hydrogens (tertiary/aromatic N) is 1. The Morgan fingerprint density at radius 3 is 2.65 bits per heavy atom. The van der Waals surface area contributed by atoms with Crippen LogP contribution in [0.15, 0.2) is 24.3 Å². The van der Waals surface area contributed by atoms with Gasteiger partial charge in [0.25, 0.3) is 5.91 Å². The first-order chi connectivity index (χ1) is 16.3. The molecule has 2 aromatic rings. The van der Waals surface area contributed by atoms with Crippen molar-refractivity contribution in [1.82, 2.24) is 20.9 Å². The molecule has 4 N–H and O–H groups in total. The van der Waals surface area contributed by atoms with Gasteiger partial charge in [-0.3, -0.25) is 14.4 Å². The second kappa shape index (κ2) is 10.1. The summed E-state index contributed by atoms with van der Waals surface area (Å²) in [4.78, 5) is 40.5. The first kappa shape index (κ1) is 23.5. The van der Waals surface area contributed by atoms with Gasteiger partial charge >= 0.3 is 6.61 Å². The van der Waals surface area contributed by atoms with Gasteiger partial charge in [-0.15, -0.1) is 0 Å². The Kier molecular flexibility index (Phi) is 6.95. The van der Waals surface area contributed by atoms with Crippen molar-refractivity contribution in [2.24, 2.45) is 11.8 Å². The van der Waals surface area contributed by atoms with Gasteiger partial charge in [-0.25, -0.2) is 0 Å². The lowest BCUT2D eigenvalue weighted by Crippen LogP contribution is -2.50. The van der Waals surface area contributed by atoms with Gasteiger partial charge in [0.1, 0.15) is 23.5 Å². The molecule has 1 aliphatic heterocycles. The Labute approximate surface area is 194 Å². The predicted molar refractivity (Wildman–Crippen MR) is 117 cm³/mol. The molecule has 1 aromatic carbocycles. The van der Waals surface area contributed by atoms with Crippen LogP contribution in [0.5, 0.6) is 5.75 Å². The summed E-state index contributed by atoms with van der Waals surface area (Å²) < 4.78 is 29.9. The molecule has 1 aliphatic carbocycles. The van der Waals surface area contributed by atoms with E-state index in [-0.39, 0.29) is 29.7 Å². The number of H-pyrrole nitrogens is 1. The van der Waals surface area contributed by atoms with Crippen molar-refractivity contribution in [2.45, 2.75) is 50.8 Å². The van der Waals surface area contributed by atoms with E-state index in [1.165, 1.54) is 18.2 Å². The van der Waals surface area contributed by atoms with E-state index < -0.39 is 30.5 Å². The third-order valence-corrected chi connectivity index (χ3v) is 6.13. The summed E-state index contributed by atoms with van der Waals surface area (Å²) in [6.45, 7) is -2.46. The molecule has 9 nitrogen and oxygen atoms in total. The number of nitrogens with one attached hydrogen (secondary N) is 4. The van der Waals surface area contributed by atoms with Crippen LogP contribution in [0.1, 0.15) is 42.6 Å². The van der Waals surface area contributed by atoms with Crippen LogP contribution in [-0.2, 0) is 9.59 Å². The van der Waals surface area contributed by atoms with Gasteiger partial charge in [0, 0.05) is 23.4 Å². The molecule has 3 atom stereocenters. The van der Waals surface area contributed by atoms with Gasteiger partial charge in [0.2, 0.25) is 11.8 Å². The standard InChI is InChI=1S/C23H25F2N5O4/c24-23(25)34-19-3-1-2-16-15(19)10-18(29-16)22(33)30-17(8-12-4-5-12)21(32)28-14(11-26)9-13-6-7-27-20(13)31/h1-3,10,12-14,17,23,29H,4-9H2,(H,27,31)(H,28,32)(H,30,33). The number of carbonyl (C=O) groups is 3. The van der Waals surface area contributed by atoms with Crippen LogP contribution < -0.4 is 20.7 Å². The molecule has 1 aromatic heterocycles. The fourth-order valence-corrected chi connectivity index (χ4v) is 4.17. The van der Waals surface area contributed by atoms with Crippen molar-refractivity contribution in [1.29, 1.82) is 5.26 Å². The number of hydrogen-bond donors (Lipinski definition) is 4. The highest BCUT2D eigenvalue weighted by Crippen LogP contribution is 2.34. The van der Waals surface area contributed by atoms with E-state index in [0.29, 0.717) is 36.2 Å². The molecule has 180 valence electrons. The van der Waals surface area contributed by atoms with Gasteiger partial charge in [-0.1, -0.05) is 18.9 Å². The van der Waals surface area contributed by atoms with Crippen LogP contribution in [-0.4, -0.2) is 47.9 Å². The van der Waals surface area contributed by atoms with E-state index in [1.807, 2.05) is 6.07 Å². The van der Waals surface area contributed by atoms with E-state index in [4.69, 9.17) is 0 Å². The second-order valence-electron chi connectivity index (χ2n) is 8.69. The fraction of sp³-hybridized carbons (Fsp3) is 0.478. The largest absolute Gasteiger partial charge is 0.434 e. The SMILES string of the molecule is N#CC(CC1CCNC1=O)NC(=O)C(CC1CC1)NC(=O)c1cc2c(OC(F)F)cccc2[nH]1. The van der Waals surface area contributed by atoms with E-state index in [2.05, 4.69) is 25.7 Å². The zero-order valence-electron chi connectivity index (χ0n) is 18.3. The maximum Gasteiger partial charge on any atom is 0.387 e. The van der Waals surface area contributed by atoms with Crippen molar-refractivity contribution in [3.63, 3.8) is 0 Å². The summed E-state index contributed by atoms with van der Waals surface area (Å²) in [5.41, 5.74) is 0.527. The molecular weight excluding hydrogens is 448 g/mol. The van der Waals surface area contributed by atoms with Crippen LogP contribution in [0.4, 0.5) is 8.78 Å². The van der Waals surface area contributed by atoms with Crippen molar-refractivity contribution < 1.29 is 27.9 Å². The molecule has 34 heavy (non-hydrogen) atoms. The molecule has 1 saturated heterocycles. The van der Waals surface area contributed by atoms with E-state index in [1.54, 1.807) is 6.07 Å². The number of nitriles is 1. The van der Waals surface area contributed by atoms with Crippen LogP contribution >= 0.6 is 0 Å². The second-order valence-corrected chi connectivity index (χ2v) is 8.69. The van der Waals surface area contributed by atoms with Gasteiger partial charge in [-0.05, 0) is 43.4 Å². The highest BCUT2D eigenvalue weighted by atomic mass is 19.3.